The lowest BCUT2D eigenvalue weighted by molar-refractivity contribution is 0.564. The standard InChI is InChI=1S/C11H9FO/c1-2-3-10-7-8-6-9(12)4-5-11(8)13-10/h2,4-7H,1,3H2. The third-order valence-electron chi connectivity index (χ3n) is 1.87. The molecule has 13 heavy (non-hydrogen) atoms. The van der Waals surface area contributed by atoms with Crippen molar-refractivity contribution in [2.75, 3.05) is 0 Å². The predicted molar refractivity (Wildman–Crippen MR) is 50.1 cm³/mol. The van der Waals surface area contributed by atoms with Gasteiger partial charge in [-0.15, -0.1) is 6.58 Å². The zero-order valence-corrected chi connectivity index (χ0v) is 7.09. The molecule has 1 aromatic carbocycles. The van der Waals surface area contributed by atoms with Gasteiger partial charge in [-0.1, -0.05) is 6.08 Å². The maximum absolute atomic E-state index is 12.8. The maximum Gasteiger partial charge on any atom is 0.134 e. The van der Waals surface area contributed by atoms with Crippen molar-refractivity contribution >= 4 is 11.0 Å². The minimum atomic E-state index is -0.238. The molecule has 0 saturated carbocycles. The van der Waals surface area contributed by atoms with E-state index in [1.54, 1.807) is 12.1 Å². The first-order chi connectivity index (χ1) is 6.29. The Morgan fingerprint density at radius 3 is 3.00 bits per heavy atom. The van der Waals surface area contributed by atoms with E-state index in [2.05, 4.69) is 6.58 Å². The fourth-order valence-corrected chi connectivity index (χ4v) is 1.31. The van der Waals surface area contributed by atoms with E-state index < -0.39 is 0 Å². The number of halogens is 1. The summed E-state index contributed by atoms with van der Waals surface area (Å²) >= 11 is 0. The van der Waals surface area contributed by atoms with Crippen LogP contribution < -0.4 is 0 Å². The van der Waals surface area contributed by atoms with Gasteiger partial charge in [0.15, 0.2) is 0 Å². The number of benzene rings is 1. The summed E-state index contributed by atoms with van der Waals surface area (Å²) in [5, 5.41) is 0.803. The number of hydrogen-bond donors (Lipinski definition) is 0. The van der Waals surface area contributed by atoms with E-state index in [9.17, 15) is 4.39 Å². The average molecular weight is 176 g/mol. The summed E-state index contributed by atoms with van der Waals surface area (Å²) in [6.07, 6.45) is 2.43. The molecular formula is C11H9FO. The maximum atomic E-state index is 12.8. The smallest absolute Gasteiger partial charge is 0.134 e. The average Bonchev–Trinajstić information content (AvgIpc) is 2.46. The van der Waals surface area contributed by atoms with Gasteiger partial charge < -0.3 is 4.42 Å². The minimum Gasteiger partial charge on any atom is -0.461 e. The Morgan fingerprint density at radius 1 is 1.38 bits per heavy atom. The van der Waals surface area contributed by atoms with Gasteiger partial charge in [0.05, 0.1) is 0 Å². The number of allylic oxidation sites excluding steroid dienone is 1. The molecule has 66 valence electrons. The largest absolute Gasteiger partial charge is 0.461 e. The number of hydrogen-bond acceptors (Lipinski definition) is 1. The molecule has 0 unspecified atom stereocenters. The minimum absolute atomic E-state index is 0.238. The normalized spacial score (nSPS) is 10.5. The van der Waals surface area contributed by atoms with Gasteiger partial charge in [-0.05, 0) is 24.3 Å². The molecule has 2 aromatic rings. The second-order valence-electron chi connectivity index (χ2n) is 2.89. The molecule has 0 fully saturated rings. The topological polar surface area (TPSA) is 13.1 Å². The Bertz CT molecular complexity index is 442. The molecule has 0 aliphatic carbocycles. The van der Waals surface area contributed by atoms with E-state index >= 15 is 0 Å². The lowest BCUT2D eigenvalue weighted by Crippen LogP contribution is -1.70. The summed E-state index contributed by atoms with van der Waals surface area (Å²) in [5.74, 6) is 0.578. The molecule has 1 heterocycles. The molecule has 0 aliphatic rings. The number of rotatable bonds is 2. The highest BCUT2D eigenvalue weighted by Crippen LogP contribution is 2.20. The van der Waals surface area contributed by atoms with Crippen LogP contribution in [0.3, 0.4) is 0 Å². The Morgan fingerprint density at radius 2 is 2.23 bits per heavy atom. The first kappa shape index (κ1) is 8.05. The molecule has 0 amide bonds. The van der Waals surface area contributed by atoms with Crippen LogP contribution in [-0.4, -0.2) is 0 Å². The van der Waals surface area contributed by atoms with Gasteiger partial charge >= 0.3 is 0 Å². The molecule has 0 atom stereocenters. The van der Waals surface area contributed by atoms with Gasteiger partial charge in [-0.25, -0.2) is 4.39 Å². The Balaban J connectivity index is 2.55. The fourth-order valence-electron chi connectivity index (χ4n) is 1.31. The lowest BCUT2D eigenvalue weighted by Gasteiger charge is -1.86. The highest BCUT2D eigenvalue weighted by Gasteiger charge is 2.02. The third-order valence-corrected chi connectivity index (χ3v) is 1.87. The number of furan rings is 1. The highest BCUT2D eigenvalue weighted by atomic mass is 19.1. The zero-order valence-electron chi connectivity index (χ0n) is 7.09. The van der Waals surface area contributed by atoms with Gasteiger partial charge in [-0.2, -0.15) is 0 Å². The summed E-state index contributed by atoms with van der Waals surface area (Å²) in [6.45, 7) is 3.61. The molecule has 1 nitrogen and oxygen atoms in total. The summed E-state index contributed by atoms with van der Waals surface area (Å²) in [7, 11) is 0. The van der Waals surface area contributed by atoms with Crippen LogP contribution in [0.15, 0.2) is 41.3 Å². The molecule has 0 N–H and O–H groups in total. The molecular weight excluding hydrogens is 167 g/mol. The monoisotopic (exact) mass is 176 g/mol. The van der Waals surface area contributed by atoms with Crippen molar-refractivity contribution < 1.29 is 8.81 Å². The fraction of sp³-hybridized carbons (Fsp3) is 0.0909. The molecule has 0 saturated heterocycles. The molecule has 2 rings (SSSR count). The van der Waals surface area contributed by atoms with E-state index in [1.165, 1.54) is 12.1 Å². The summed E-state index contributed by atoms with van der Waals surface area (Å²) in [5.41, 5.74) is 0.721. The quantitative estimate of drug-likeness (QED) is 0.640. The van der Waals surface area contributed by atoms with Crippen LogP contribution in [-0.2, 0) is 6.42 Å². The zero-order chi connectivity index (χ0) is 9.26. The molecule has 0 radical (unpaired) electrons. The van der Waals surface area contributed by atoms with Crippen molar-refractivity contribution in [2.24, 2.45) is 0 Å². The molecule has 1 aromatic heterocycles. The number of fused-ring (bicyclic) bond motifs is 1. The van der Waals surface area contributed by atoms with Crippen molar-refractivity contribution in [1.29, 1.82) is 0 Å². The van der Waals surface area contributed by atoms with E-state index in [0.717, 1.165) is 16.7 Å². The molecule has 2 heteroatoms. The van der Waals surface area contributed by atoms with Crippen molar-refractivity contribution in [3.8, 4) is 0 Å². The summed E-state index contributed by atoms with van der Waals surface area (Å²) < 4.78 is 18.2. The van der Waals surface area contributed by atoms with Crippen molar-refractivity contribution in [3.05, 3.63) is 48.5 Å². The van der Waals surface area contributed by atoms with Crippen LogP contribution in [0.1, 0.15) is 5.76 Å². The van der Waals surface area contributed by atoms with E-state index in [4.69, 9.17) is 4.42 Å². The molecule has 0 bridgehead atoms. The van der Waals surface area contributed by atoms with Gasteiger partial charge in [0.25, 0.3) is 0 Å². The van der Waals surface area contributed by atoms with Gasteiger partial charge in [0, 0.05) is 11.8 Å². The Labute approximate surface area is 75.5 Å². The second kappa shape index (κ2) is 3.05. The van der Waals surface area contributed by atoms with Crippen LogP contribution in [0, 0.1) is 5.82 Å². The third kappa shape index (κ3) is 1.47. The first-order valence-electron chi connectivity index (χ1n) is 4.08. The van der Waals surface area contributed by atoms with Crippen LogP contribution in [0.4, 0.5) is 4.39 Å². The SMILES string of the molecule is C=CCc1cc2cc(F)ccc2o1. The van der Waals surface area contributed by atoms with E-state index in [0.29, 0.717) is 6.42 Å². The van der Waals surface area contributed by atoms with E-state index in [1.807, 2.05) is 6.07 Å². The lowest BCUT2D eigenvalue weighted by atomic mass is 10.2. The van der Waals surface area contributed by atoms with Gasteiger partial charge in [0.1, 0.15) is 17.2 Å². The molecule has 0 aliphatic heterocycles. The summed E-state index contributed by atoms with van der Waals surface area (Å²) in [4.78, 5) is 0. The van der Waals surface area contributed by atoms with E-state index in [-0.39, 0.29) is 5.82 Å². The molecule has 0 spiro atoms. The van der Waals surface area contributed by atoms with Gasteiger partial charge in [0.2, 0.25) is 0 Å². The predicted octanol–water partition coefficient (Wildman–Crippen LogP) is 3.30. The Kier molecular flexibility index (Phi) is 1.89. The van der Waals surface area contributed by atoms with Crippen LogP contribution in [0.2, 0.25) is 0 Å². The van der Waals surface area contributed by atoms with Crippen LogP contribution >= 0.6 is 0 Å². The first-order valence-corrected chi connectivity index (χ1v) is 4.08. The van der Waals surface area contributed by atoms with Crippen molar-refractivity contribution in [1.82, 2.24) is 0 Å². The summed E-state index contributed by atoms with van der Waals surface area (Å²) in [6, 6.07) is 6.33. The van der Waals surface area contributed by atoms with Crippen LogP contribution in [0.5, 0.6) is 0 Å². The van der Waals surface area contributed by atoms with Crippen molar-refractivity contribution in [3.63, 3.8) is 0 Å². The van der Waals surface area contributed by atoms with Crippen molar-refractivity contribution in [2.45, 2.75) is 6.42 Å². The van der Waals surface area contributed by atoms with Crippen LogP contribution in [0.25, 0.3) is 11.0 Å². The Hall–Kier alpha value is -1.57. The second-order valence-corrected chi connectivity index (χ2v) is 2.89. The highest BCUT2D eigenvalue weighted by molar-refractivity contribution is 5.77. The van der Waals surface area contributed by atoms with Gasteiger partial charge in [-0.3, -0.25) is 0 Å².